The first-order chi connectivity index (χ1) is 6.18. The first-order valence-electron chi connectivity index (χ1n) is 3.45. The summed E-state index contributed by atoms with van der Waals surface area (Å²) in [5, 5.41) is 0.718. The van der Waals surface area contributed by atoms with Gasteiger partial charge in [-0.2, -0.15) is 0 Å². The Morgan fingerprint density at radius 3 is 2.92 bits per heavy atom. The average molecular weight is 308 g/mol. The molecule has 1 aromatic heterocycles. The average Bonchev–Trinajstić information content (AvgIpc) is 2.12. The van der Waals surface area contributed by atoms with E-state index in [9.17, 15) is 4.39 Å². The molecule has 1 heterocycles. The number of benzene rings is 1. The van der Waals surface area contributed by atoms with Crippen molar-refractivity contribution in [1.82, 2.24) is 9.97 Å². The summed E-state index contributed by atoms with van der Waals surface area (Å²) in [6.07, 6.45) is 1.50. The van der Waals surface area contributed by atoms with Crippen LogP contribution in [0.4, 0.5) is 4.39 Å². The van der Waals surface area contributed by atoms with Gasteiger partial charge in [-0.05, 0) is 46.3 Å². The second-order valence-electron chi connectivity index (χ2n) is 2.44. The molecule has 66 valence electrons. The molecule has 2 aromatic rings. The van der Waals surface area contributed by atoms with Gasteiger partial charge < -0.3 is 0 Å². The molecule has 0 aliphatic rings. The number of hydrogen-bond donors (Lipinski definition) is 0. The Hall–Kier alpha value is -0.490. The summed E-state index contributed by atoms with van der Waals surface area (Å²) in [7, 11) is 0. The topological polar surface area (TPSA) is 25.8 Å². The van der Waals surface area contributed by atoms with Gasteiger partial charge in [-0.3, -0.25) is 0 Å². The van der Waals surface area contributed by atoms with Gasteiger partial charge in [0.2, 0.25) is 5.28 Å². The Morgan fingerprint density at radius 1 is 1.38 bits per heavy atom. The Balaban J connectivity index is 2.89. The van der Waals surface area contributed by atoms with E-state index in [1.165, 1.54) is 6.20 Å². The number of aromatic nitrogens is 2. The number of rotatable bonds is 0. The number of fused-ring (bicyclic) bond motifs is 1. The summed E-state index contributed by atoms with van der Waals surface area (Å²) in [6, 6.07) is 3.44. The van der Waals surface area contributed by atoms with E-state index in [0.717, 1.165) is 0 Å². The molecule has 0 aliphatic heterocycles. The zero-order valence-corrected chi connectivity index (χ0v) is 9.17. The zero-order chi connectivity index (χ0) is 9.42. The van der Waals surface area contributed by atoms with Gasteiger partial charge in [0.1, 0.15) is 5.52 Å². The van der Waals surface area contributed by atoms with Gasteiger partial charge in [-0.15, -0.1) is 0 Å². The molecule has 2 nitrogen and oxygen atoms in total. The molecule has 0 saturated carbocycles. The van der Waals surface area contributed by atoms with Crippen molar-refractivity contribution >= 4 is 45.1 Å². The maximum atomic E-state index is 13.4. The van der Waals surface area contributed by atoms with Gasteiger partial charge in [0.25, 0.3) is 0 Å². The van der Waals surface area contributed by atoms with E-state index in [0.29, 0.717) is 8.96 Å². The van der Waals surface area contributed by atoms with Crippen LogP contribution in [0, 0.1) is 9.39 Å². The van der Waals surface area contributed by atoms with Gasteiger partial charge >= 0.3 is 0 Å². The molecule has 0 saturated heterocycles. The Bertz CT molecular complexity index is 470. The molecule has 0 spiro atoms. The van der Waals surface area contributed by atoms with Crippen LogP contribution in [-0.4, -0.2) is 9.97 Å². The zero-order valence-electron chi connectivity index (χ0n) is 6.26. The minimum atomic E-state index is -0.345. The molecule has 0 amide bonds. The van der Waals surface area contributed by atoms with E-state index in [1.54, 1.807) is 12.1 Å². The lowest BCUT2D eigenvalue weighted by atomic mass is 10.2. The fourth-order valence-electron chi connectivity index (χ4n) is 1.02. The van der Waals surface area contributed by atoms with Gasteiger partial charge in [0.15, 0.2) is 5.82 Å². The standard InChI is InChI=1S/C8H3ClFIN2/c9-8-12-3-4-1-2-5(11)6(10)7(4)13-8/h1-3H. The Labute approximate surface area is 92.3 Å². The minimum Gasteiger partial charge on any atom is -0.226 e. The highest BCUT2D eigenvalue weighted by atomic mass is 127. The number of nitrogens with zero attached hydrogens (tertiary/aromatic N) is 2. The SMILES string of the molecule is Fc1c(I)ccc2cnc(Cl)nc12. The van der Waals surface area contributed by atoms with Crippen LogP contribution in [0.3, 0.4) is 0 Å². The minimum absolute atomic E-state index is 0.0633. The van der Waals surface area contributed by atoms with Crippen LogP contribution in [-0.2, 0) is 0 Å². The van der Waals surface area contributed by atoms with E-state index >= 15 is 0 Å². The van der Waals surface area contributed by atoms with Crippen molar-refractivity contribution in [2.24, 2.45) is 0 Å². The summed E-state index contributed by atoms with van der Waals surface area (Å²) >= 11 is 7.46. The summed E-state index contributed by atoms with van der Waals surface area (Å²) in [6.45, 7) is 0. The molecule has 0 bridgehead atoms. The molecule has 5 heteroatoms. The van der Waals surface area contributed by atoms with Gasteiger partial charge in [-0.1, -0.05) is 0 Å². The summed E-state index contributed by atoms with van der Waals surface area (Å²) in [5.74, 6) is -0.345. The van der Waals surface area contributed by atoms with Crippen LogP contribution in [0.25, 0.3) is 10.9 Å². The maximum absolute atomic E-state index is 13.4. The molecule has 0 fully saturated rings. The van der Waals surface area contributed by atoms with Crippen molar-refractivity contribution in [1.29, 1.82) is 0 Å². The van der Waals surface area contributed by atoms with Crippen molar-refractivity contribution in [3.05, 3.63) is 33.0 Å². The fraction of sp³-hybridized carbons (Fsp3) is 0. The second-order valence-corrected chi connectivity index (χ2v) is 3.94. The van der Waals surface area contributed by atoms with E-state index < -0.39 is 0 Å². The van der Waals surface area contributed by atoms with E-state index in [-0.39, 0.29) is 16.6 Å². The molecule has 0 aliphatic carbocycles. The lowest BCUT2D eigenvalue weighted by molar-refractivity contribution is 0.629. The van der Waals surface area contributed by atoms with Crippen molar-refractivity contribution in [3.8, 4) is 0 Å². The molecule has 1 aromatic carbocycles. The van der Waals surface area contributed by atoms with Crippen LogP contribution in [0.15, 0.2) is 18.3 Å². The second kappa shape index (κ2) is 3.34. The fourth-order valence-corrected chi connectivity index (χ4v) is 1.59. The molecule has 0 atom stereocenters. The Kier molecular flexibility index (Phi) is 2.33. The summed E-state index contributed by atoms with van der Waals surface area (Å²) in [5.41, 5.74) is 0.270. The van der Waals surface area contributed by atoms with Gasteiger partial charge in [0.05, 0.1) is 3.57 Å². The first kappa shape index (κ1) is 9.08. The highest BCUT2D eigenvalue weighted by Crippen LogP contribution is 2.20. The normalized spacial score (nSPS) is 10.7. The summed E-state index contributed by atoms with van der Waals surface area (Å²) in [4.78, 5) is 7.57. The van der Waals surface area contributed by atoms with Gasteiger partial charge in [-0.25, -0.2) is 14.4 Å². The van der Waals surface area contributed by atoms with Crippen LogP contribution >= 0.6 is 34.2 Å². The predicted octanol–water partition coefficient (Wildman–Crippen LogP) is 3.03. The lowest BCUT2D eigenvalue weighted by Crippen LogP contribution is -1.90. The highest BCUT2D eigenvalue weighted by molar-refractivity contribution is 14.1. The van der Waals surface area contributed by atoms with Crippen molar-refractivity contribution < 1.29 is 4.39 Å². The largest absolute Gasteiger partial charge is 0.226 e. The van der Waals surface area contributed by atoms with Crippen LogP contribution in [0.2, 0.25) is 5.28 Å². The van der Waals surface area contributed by atoms with Gasteiger partial charge in [0, 0.05) is 11.6 Å². The van der Waals surface area contributed by atoms with Crippen molar-refractivity contribution in [3.63, 3.8) is 0 Å². The quantitative estimate of drug-likeness (QED) is 0.552. The van der Waals surface area contributed by atoms with Crippen molar-refractivity contribution in [2.75, 3.05) is 0 Å². The van der Waals surface area contributed by atoms with Crippen LogP contribution in [0.1, 0.15) is 0 Å². The third-order valence-electron chi connectivity index (χ3n) is 1.61. The molecule has 13 heavy (non-hydrogen) atoms. The Morgan fingerprint density at radius 2 is 2.15 bits per heavy atom. The predicted molar refractivity (Wildman–Crippen MR) is 57.2 cm³/mol. The van der Waals surface area contributed by atoms with Crippen molar-refractivity contribution in [2.45, 2.75) is 0 Å². The van der Waals surface area contributed by atoms with Crippen LogP contribution < -0.4 is 0 Å². The van der Waals surface area contributed by atoms with E-state index in [2.05, 4.69) is 9.97 Å². The lowest BCUT2D eigenvalue weighted by Gasteiger charge is -1.99. The first-order valence-corrected chi connectivity index (χ1v) is 4.90. The van der Waals surface area contributed by atoms with E-state index in [4.69, 9.17) is 11.6 Å². The number of hydrogen-bond acceptors (Lipinski definition) is 2. The monoisotopic (exact) mass is 308 g/mol. The maximum Gasteiger partial charge on any atom is 0.223 e. The smallest absolute Gasteiger partial charge is 0.223 e. The third-order valence-corrected chi connectivity index (χ3v) is 2.63. The molecular formula is C8H3ClFIN2. The molecular weight excluding hydrogens is 305 g/mol. The highest BCUT2D eigenvalue weighted by Gasteiger charge is 2.06. The van der Waals surface area contributed by atoms with E-state index in [1.807, 2.05) is 22.6 Å². The number of halogens is 3. The molecule has 0 N–H and O–H groups in total. The third kappa shape index (κ3) is 1.60. The molecule has 0 radical (unpaired) electrons. The summed E-state index contributed by atoms with van der Waals surface area (Å²) < 4.78 is 13.9. The molecule has 0 unspecified atom stereocenters. The van der Waals surface area contributed by atoms with Crippen LogP contribution in [0.5, 0.6) is 0 Å². The molecule has 2 rings (SSSR count).